The summed E-state index contributed by atoms with van der Waals surface area (Å²) in [5, 5.41) is 6.34. The van der Waals surface area contributed by atoms with Gasteiger partial charge >= 0.3 is 0 Å². The van der Waals surface area contributed by atoms with E-state index in [4.69, 9.17) is 4.74 Å². The second-order valence-corrected chi connectivity index (χ2v) is 6.03. The average molecular weight is 305 g/mol. The first-order chi connectivity index (χ1) is 10.6. The van der Waals surface area contributed by atoms with E-state index in [9.17, 15) is 4.79 Å². The molecule has 0 bridgehead atoms. The standard InChI is InChI=1S/C17H27N3O2/c1-20(2)10-11-22-16-8-4-3-6-14(16)13-19-17(21)12-15-7-5-9-18-15/h3-4,6,8,15,18H,5,7,9-13H2,1-2H3,(H,19,21). The third kappa shape index (κ3) is 5.66. The summed E-state index contributed by atoms with van der Waals surface area (Å²) >= 11 is 0. The summed E-state index contributed by atoms with van der Waals surface area (Å²) in [7, 11) is 4.04. The van der Waals surface area contributed by atoms with Crippen LogP contribution in [0.5, 0.6) is 5.75 Å². The van der Waals surface area contributed by atoms with Crippen LogP contribution in [0.2, 0.25) is 0 Å². The molecule has 2 N–H and O–H groups in total. The minimum Gasteiger partial charge on any atom is -0.492 e. The van der Waals surface area contributed by atoms with Crippen molar-refractivity contribution < 1.29 is 9.53 Å². The Morgan fingerprint density at radius 2 is 2.23 bits per heavy atom. The Morgan fingerprint density at radius 1 is 1.41 bits per heavy atom. The fourth-order valence-electron chi connectivity index (χ4n) is 2.55. The van der Waals surface area contributed by atoms with Crippen molar-refractivity contribution in [3.05, 3.63) is 29.8 Å². The van der Waals surface area contributed by atoms with Crippen molar-refractivity contribution >= 4 is 5.91 Å². The maximum atomic E-state index is 12.0. The van der Waals surface area contributed by atoms with Gasteiger partial charge < -0.3 is 20.3 Å². The lowest BCUT2D eigenvalue weighted by Gasteiger charge is -2.15. The van der Waals surface area contributed by atoms with Crippen molar-refractivity contribution in [3.63, 3.8) is 0 Å². The summed E-state index contributed by atoms with van der Waals surface area (Å²) < 4.78 is 5.81. The summed E-state index contributed by atoms with van der Waals surface area (Å²) in [6, 6.07) is 8.22. The number of ether oxygens (including phenoxy) is 1. The van der Waals surface area contributed by atoms with Crippen LogP contribution in [0.25, 0.3) is 0 Å². The summed E-state index contributed by atoms with van der Waals surface area (Å²) in [6.07, 6.45) is 2.82. The van der Waals surface area contributed by atoms with Crippen LogP contribution in [0.1, 0.15) is 24.8 Å². The fourth-order valence-corrected chi connectivity index (χ4v) is 2.55. The quantitative estimate of drug-likeness (QED) is 0.762. The molecule has 122 valence electrons. The van der Waals surface area contributed by atoms with Crippen LogP contribution in [0, 0.1) is 0 Å². The van der Waals surface area contributed by atoms with E-state index >= 15 is 0 Å². The van der Waals surface area contributed by atoms with Crippen LogP contribution in [0.15, 0.2) is 24.3 Å². The van der Waals surface area contributed by atoms with E-state index in [0.29, 0.717) is 25.6 Å². The molecule has 1 amide bonds. The lowest BCUT2D eigenvalue weighted by molar-refractivity contribution is -0.121. The summed E-state index contributed by atoms with van der Waals surface area (Å²) in [5.41, 5.74) is 1.02. The van der Waals surface area contributed by atoms with Crippen LogP contribution in [0.3, 0.4) is 0 Å². The first-order valence-electron chi connectivity index (χ1n) is 8.00. The largest absolute Gasteiger partial charge is 0.492 e. The zero-order chi connectivity index (χ0) is 15.8. The van der Waals surface area contributed by atoms with Crippen LogP contribution in [-0.4, -0.2) is 50.6 Å². The van der Waals surface area contributed by atoms with Gasteiger partial charge in [-0.05, 0) is 39.5 Å². The number of hydrogen-bond acceptors (Lipinski definition) is 4. The van der Waals surface area contributed by atoms with E-state index < -0.39 is 0 Å². The molecule has 22 heavy (non-hydrogen) atoms. The highest BCUT2D eigenvalue weighted by molar-refractivity contribution is 5.76. The molecule has 1 aromatic rings. The predicted molar refractivity (Wildman–Crippen MR) is 88.0 cm³/mol. The van der Waals surface area contributed by atoms with E-state index in [0.717, 1.165) is 30.8 Å². The van der Waals surface area contributed by atoms with Crippen LogP contribution >= 0.6 is 0 Å². The Balaban J connectivity index is 1.79. The number of rotatable bonds is 8. The zero-order valence-electron chi connectivity index (χ0n) is 13.6. The predicted octanol–water partition coefficient (Wildman–Crippen LogP) is 1.39. The first kappa shape index (κ1) is 16.8. The second-order valence-electron chi connectivity index (χ2n) is 6.03. The normalized spacial score (nSPS) is 17.7. The summed E-state index contributed by atoms with van der Waals surface area (Å²) in [6.45, 7) is 3.06. The monoisotopic (exact) mass is 305 g/mol. The molecule has 2 rings (SSSR count). The lowest BCUT2D eigenvalue weighted by atomic mass is 10.1. The van der Waals surface area contributed by atoms with Gasteiger partial charge in [-0.1, -0.05) is 18.2 Å². The molecule has 1 saturated heterocycles. The van der Waals surface area contributed by atoms with E-state index in [2.05, 4.69) is 15.5 Å². The maximum absolute atomic E-state index is 12.0. The van der Waals surface area contributed by atoms with Crippen molar-refractivity contribution in [2.45, 2.75) is 31.8 Å². The Hall–Kier alpha value is -1.59. The van der Waals surface area contributed by atoms with Crippen molar-refractivity contribution in [2.24, 2.45) is 0 Å². The highest BCUT2D eigenvalue weighted by Crippen LogP contribution is 2.18. The number of nitrogens with zero attached hydrogens (tertiary/aromatic N) is 1. The number of carbonyl (C=O) groups excluding carboxylic acids is 1. The number of benzene rings is 1. The molecular formula is C17H27N3O2. The number of likely N-dealkylation sites (N-methyl/N-ethyl adjacent to an activating group) is 1. The molecule has 1 aliphatic rings. The number of nitrogens with one attached hydrogen (secondary N) is 2. The van der Waals surface area contributed by atoms with Gasteiger partial charge in [0.05, 0.1) is 0 Å². The van der Waals surface area contributed by atoms with Gasteiger partial charge in [0.15, 0.2) is 0 Å². The smallest absolute Gasteiger partial charge is 0.221 e. The number of carbonyl (C=O) groups is 1. The minimum absolute atomic E-state index is 0.0995. The third-order valence-corrected chi connectivity index (χ3v) is 3.84. The van der Waals surface area contributed by atoms with E-state index in [-0.39, 0.29) is 5.91 Å². The summed E-state index contributed by atoms with van der Waals surface area (Å²) in [4.78, 5) is 14.1. The molecule has 5 heteroatoms. The summed E-state index contributed by atoms with van der Waals surface area (Å²) in [5.74, 6) is 0.950. The highest BCUT2D eigenvalue weighted by Gasteiger charge is 2.17. The molecule has 1 unspecified atom stereocenters. The third-order valence-electron chi connectivity index (χ3n) is 3.84. The van der Waals surface area contributed by atoms with Crippen LogP contribution in [-0.2, 0) is 11.3 Å². The Kier molecular flexibility index (Phi) is 6.68. The topological polar surface area (TPSA) is 53.6 Å². The Bertz CT molecular complexity index is 471. The van der Waals surface area contributed by atoms with E-state index in [1.807, 2.05) is 38.4 Å². The number of para-hydroxylation sites is 1. The maximum Gasteiger partial charge on any atom is 0.221 e. The van der Waals surface area contributed by atoms with Crippen molar-refractivity contribution in [1.82, 2.24) is 15.5 Å². The SMILES string of the molecule is CN(C)CCOc1ccccc1CNC(=O)CC1CCCN1. The van der Waals surface area contributed by atoms with Gasteiger partial charge in [0, 0.05) is 31.1 Å². The molecule has 5 nitrogen and oxygen atoms in total. The van der Waals surface area contributed by atoms with Crippen molar-refractivity contribution in [1.29, 1.82) is 0 Å². The number of hydrogen-bond donors (Lipinski definition) is 2. The molecule has 1 aliphatic heterocycles. The van der Waals surface area contributed by atoms with Gasteiger partial charge in [0.2, 0.25) is 5.91 Å². The molecule has 1 heterocycles. The molecule has 0 aromatic heterocycles. The van der Waals surface area contributed by atoms with E-state index in [1.54, 1.807) is 0 Å². The molecule has 0 saturated carbocycles. The highest BCUT2D eigenvalue weighted by atomic mass is 16.5. The lowest BCUT2D eigenvalue weighted by Crippen LogP contribution is -2.31. The minimum atomic E-state index is 0.0995. The average Bonchev–Trinajstić information content (AvgIpc) is 2.99. The van der Waals surface area contributed by atoms with Gasteiger partial charge in [-0.15, -0.1) is 0 Å². The van der Waals surface area contributed by atoms with Gasteiger partial charge in [-0.25, -0.2) is 0 Å². The van der Waals surface area contributed by atoms with Gasteiger partial charge in [-0.3, -0.25) is 4.79 Å². The molecular weight excluding hydrogens is 278 g/mol. The van der Waals surface area contributed by atoms with Crippen LogP contribution < -0.4 is 15.4 Å². The molecule has 1 fully saturated rings. The molecule has 0 aliphatic carbocycles. The van der Waals surface area contributed by atoms with E-state index in [1.165, 1.54) is 6.42 Å². The first-order valence-corrected chi connectivity index (χ1v) is 8.00. The van der Waals surface area contributed by atoms with Gasteiger partial charge in [0.1, 0.15) is 12.4 Å². The van der Waals surface area contributed by atoms with Gasteiger partial charge in [0.25, 0.3) is 0 Å². The van der Waals surface area contributed by atoms with Gasteiger partial charge in [-0.2, -0.15) is 0 Å². The Labute approximate surface area is 133 Å². The Morgan fingerprint density at radius 3 is 2.95 bits per heavy atom. The molecule has 1 aromatic carbocycles. The fraction of sp³-hybridized carbons (Fsp3) is 0.588. The number of amides is 1. The van der Waals surface area contributed by atoms with Crippen molar-refractivity contribution in [2.75, 3.05) is 33.8 Å². The van der Waals surface area contributed by atoms with Crippen molar-refractivity contribution in [3.8, 4) is 5.75 Å². The molecule has 1 atom stereocenters. The van der Waals surface area contributed by atoms with Crippen LogP contribution in [0.4, 0.5) is 0 Å². The second kappa shape index (κ2) is 8.76. The molecule has 0 radical (unpaired) electrons. The molecule has 0 spiro atoms. The zero-order valence-corrected chi connectivity index (χ0v) is 13.6.